The Morgan fingerprint density at radius 3 is 2.43 bits per heavy atom. The molecular weight excluding hydrogens is 313 g/mol. The van der Waals surface area contributed by atoms with E-state index in [1.807, 2.05) is 4.90 Å². The second-order valence-electron chi connectivity index (χ2n) is 6.34. The predicted octanol–water partition coefficient (Wildman–Crippen LogP) is 1.11. The van der Waals surface area contributed by atoms with Crippen molar-refractivity contribution < 1.29 is 27.8 Å². The van der Waals surface area contributed by atoms with Gasteiger partial charge in [-0.05, 0) is 32.4 Å². The Morgan fingerprint density at radius 1 is 1.09 bits per heavy atom. The maximum absolute atomic E-state index is 12.4. The van der Waals surface area contributed by atoms with Crippen LogP contribution in [-0.4, -0.2) is 92.4 Å². The summed E-state index contributed by atoms with van der Waals surface area (Å²) >= 11 is 0. The quantitative estimate of drug-likeness (QED) is 0.785. The van der Waals surface area contributed by atoms with E-state index in [0.717, 1.165) is 12.8 Å². The lowest BCUT2D eigenvalue weighted by Crippen LogP contribution is -2.40. The first-order chi connectivity index (χ1) is 10.9. The highest BCUT2D eigenvalue weighted by atomic mass is 19.4. The lowest BCUT2D eigenvalue weighted by Gasteiger charge is -2.27. The van der Waals surface area contributed by atoms with E-state index < -0.39 is 18.8 Å². The number of rotatable bonds is 6. The van der Waals surface area contributed by atoms with Gasteiger partial charge in [0.2, 0.25) is 0 Å². The van der Waals surface area contributed by atoms with E-state index in [9.17, 15) is 18.3 Å². The number of hydrogen-bond acceptors (Lipinski definition) is 5. The third-order valence-corrected chi connectivity index (χ3v) is 4.25. The molecule has 2 fully saturated rings. The predicted molar refractivity (Wildman–Crippen MR) is 79.4 cm³/mol. The SMILES string of the molecule is OC(COC1CCOCC1)CN1CCCN(CC(F)(F)F)CC1. The third kappa shape index (κ3) is 7.80. The van der Waals surface area contributed by atoms with E-state index in [-0.39, 0.29) is 12.7 Å². The maximum atomic E-state index is 12.4. The van der Waals surface area contributed by atoms with E-state index in [0.29, 0.717) is 52.4 Å². The van der Waals surface area contributed by atoms with Gasteiger partial charge in [0, 0.05) is 32.8 Å². The highest BCUT2D eigenvalue weighted by Crippen LogP contribution is 2.17. The molecular formula is C15H27F3N2O3. The second-order valence-corrected chi connectivity index (χ2v) is 6.34. The van der Waals surface area contributed by atoms with Gasteiger partial charge in [-0.1, -0.05) is 0 Å². The van der Waals surface area contributed by atoms with Crippen LogP contribution in [0.25, 0.3) is 0 Å². The summed E-state index contributed by atoms with van der Waals surface area (Å²) in [6.07, 6.45) is -2.22. The Kier molecular flexibility index (Phi) is 7.55. The normalized spacial score (nSPS) is 24.5. The standard InChI is InChI=1S/C15H27F3N2O3/c16-15(17,18)12-20-5-1-4-19(6-7-20)10-13(21)11-23-14-2-8-22-9-3-14/h13-14,21H,1-12H2. The molecule has 0 spiro atoms. The van der Waals surface area contributed by atoms with E-state index >= 15 is 0 Å². The summed E-state index contributed by atoms with van der Waals surface area (Å²) in [5.74, 6) is 0. The summed E-state index contributed by atoms with van der Waals surface area (Å²) in [6.45, 7) is 3.35. The van der Waals surface area contributed by atoms with Gasteiger partial charge in [-0.3, -0.25) is 9.80 Å². The van der Waals surface area contributed by atoms with Crippen molar-refractivity contribution in [3.63, 3.8) is 0 Å². The van der Waals surface area contributed by atoms with Crippen molar-refractivity contribution in [2.45, 2.75) is 37.6 Å². The monoisotopic (exact) mass is 340 g/mol. The van der Waals surface area contributed by atoms with Crippen LogP contribution in [0, 0.1) is 0 Å². The molecule has 2 aliphatic rings. The number of aliphatic hydroxyl groups is 1. The lowest BCUT2D eigenvalue weighted by atomic mass is 10.1. The summed E-state index contributed by atoms with van der Waals surface area (Å²) in [5.41, 5.74) is 0. The molecule has 0 aliphatic carbocycles. The molecule has 136 valence electrons. The molecule has 1 N–H and O–H groups in total. The molecule has 2 aliphatic heterocycles. The van der Waals surface area contributed by atoms with Crippen LogP contribution in [0.15, 0.2) is 0 Å². The zero-order valence-corrected chi connectivity index (χ0v) is 13.4. The minimum atomic E-state index is -4.15. The Balaban J connectivity index is 1.64. The summed E-state index contributed by atoms with van der Waals surface area (Å²) in [7, 11) is 0. The fourth-order valence-electron chi connectivity index (χ4n) is 3.06. The third-order valence-electron chi connectivity index (χ3n) is 4.25. The zero-order chi connectivity index (χ0) is 16.7. The number of ether oxygens (including phenoxy) is 2. The highest BCUT2D eigenvalue weighted by molar-refractivity contribution is 4.74. The van der Waals surface area contributed by atoms with Gasteiger partial charge in [0.25, 0.3) is 0 Å². The van der Waals surface area contributed by atoms with Gasteiger partial charge in [0.1, 0.15) is 0 Å². The Bertz CT molecular complexity index is 338. The molecule has 8 heteroatoms. The Morgan fingerprint density at radius 2 is 1.74 bits per heavy atom. The van der Waals surface area contributed by atoms with Crippen LogP contribution >= 0.6 is 0 Å². The Hall–Kier alpha value is -0.410. The zero-order valence-electron chi connectivity index (χ0n) is 13.4. The van der Waals surface area contributed by atoms with Crippen molar-refractivity contribution in [1.82, 2.24) is 9.80 Å². The van der Waals surface area contributed by atoms with Crippen LogP contribution in [0.1, 0.15) is 19.3 Å². The van der Waals surface area contributed by atoms with Gasteiger partial charge in [0.05, 0.1) is 25.4 Å². The number of hydrogen-bond donors (Lipinski definition) is 1. The number of nitrogens with zero attached hydrogens (tertiary/aromatic N) is 2. The topological polar surface area (TPSA) is 45.2 Å². The molecule has 0 saturated carbocycles. The summed E-state index contributed by atoms with van der Waals surface area (Å²) in [6, 6.07) is 0. The maximum Gasteiger partial charge on any atom is 0.401 e. The van der Waals surface area contributed by atoms with Crippen LogP contribution in [0.5, 0.6) is 0 Å². The molecule has 2 heterocycles. The molecule has 2 saturated heterocycles. The number of β-amino-alcohol motifs (C(OH)–C–C–N with tert-alkyl or cyclic N) is 1. The fraction of sp³-hybridized carbons (Fsp3) is 1.00. The van der Waals surface area contributed by atoms with Crippen molar-refractivity contribution >= 4 is 0 Å². The molecule has 5 nitrogen and oxygen atoms in total. The van der Waals surface area contributed by atoms with Crippen LogP contribution in [0.4, 0.5) is 13.2 Å². The van der Waals surface area contributed by atoms with E-state index in [1.54, 1.807) is 0 Å². The van der Waals surface area contributed by atoms with Gasteiger partial charge in [-0.2, -0.15) is 13.2 Å². The van der Waals surface area contributed by atoms with Crippen molar-refractivity contribution in [1.29, 1.82) is 0 Å². The number of aliphatic hydroxyl groups excluding tert-OH is 1. The van der Waals surface area contributed by atoms with E-state index in [1.165, 1.54) is 4.90 Å². The largest absolute Gasteiger partial charge is 0.401 e. The van der Waals surface area contributed by atoms with Gasteiger partial charge in [0.15, 0.2) is 0 Å². The minimum Gasteiger partial charge on any atom is -0.389 e. The van der Waals surface area contributed by atoms with Gasteiger partial charge < -0.3 is 14.6 Å². The second kappa shape index (κ2) is 9.17. The van der Waals surface area contributed by atoms with Crippen LogP contribution in [0.2, 0.25) is 0 Å². The smallest absolute Gasteiger partial charge is 0.389 e. The van der Waals surface area contributed by atoms with Gasteiger partial charge in [-0.25, -0.2) is 0 Å². The molecule has 0 amide bonds. The van der Waals surface area contributed by atoms with Crippen molar-refractivity contribution in [2.75, 3.05) is 59.1 Å². The molecule has 23 heavy (non-hydrogen) atoms. The molecule has 0 aromatic heterocycles. The highest BCUT2D eigenvalue weighted by Gasteiger charge is 2.31. The first-order valence-corrected chi connectivity index (χ1v) is 8.31. The van der Waals surface area contributed by atoms with Crippen LogP contribution in [0.3, 0.4) is 0 Å². The molecule has 1 unspecified atom stereocenters. The van der Waals surface area contributed by atoms with Crippen molar-refractivity contribution in [3.05, 3.63) is 0 Å². The summed E-state index contributed by atoms with van der Waals surface area (Å²) in [4.78, 5) is 3.46. The summed E-state index contributed by atoms with van der Waals surface area (Å²) < 4.78 is 48.2. The van der Waals surface area contributed by atoms with Crippen molar-refractivity contribution in [2.24, 2.45) is 0 Å². The van der Waals surface area contributed by atoms with E-state index in [2.05, 4.69) is 0 Å². The summed E-state index contributed by atoms with van der Waals surface area (Å²) in [5, 5.41) is 10.1. The molecule has 1 atom stereocenters. The minimum absolute atomic E-state index is 0.143. The first-order valence-electron chi connectivity index (χ1n) is 8.31. The van der Waals surface area contributed by atoms with Gasteiger partial charge in [-0.15, -0.1) is 0 Å². The first kappa shape index (κ1) is 18.9. The molecule has 0 aromatic carbocycles. The number of halogens is 3. The molecule has 0 bridgehead atoms. The molecule has 0 aromatic rings. The van der Waals surface area contributed by atoms with Crippen LogP contribution < -0.4 is 0 Å². The number of alkyl halides is 3. The molecule has 0 radical (unpaired) electrons. The van der Waals surface area contributed by atoms with Crippen LogP contribution in [-0.2, 0) is 9.47 Å². The van der Waals surface area contributed by atoms with Crippen molar-refractivity contribution in [3.8, 4) is 0 Å². The average molecular weight is 340 g/mol. The Labute approximate surface area is 135 Å². The van der Waals surface area contributed by atoms with Gasteiger partial charge >= 0.3 is 6.18 Å². The lowest BCUT2D eigenvalue weighted by molar-refractivity contribution is -0.145. The fourth-order valence-corrected chi connectivity index (χ4v) is 3.06. The average Bonchev–Trinajstić information content (AvgIpc) is 2.70. The molecule has 2 rings (SSSR count). The van der Waals surface area contributed by atoms with E-state index in [4.69, 9.17) is 9.47 Å².